The van der Waals surface area contributed by atoms with Crippen molar-refractivity contribution in [1.82, 2.24) is 21.3 Å². The van der Waals surface area contributed by atoms with Crippen molar-refractivity contribution in [2.24, 2.45) is 11.5 Å². The summed E-state index contributed by atoms with van der Waals surface area (Å²) in [4.78, 5) is 92.3. The lowest BCUT2D eigenvalue weighted by molar-refractivity contribution is -0.139. The summed E-state index contributed by atoms with van der Waals surface area (Å²) in [5, 5.41) is 43.9. The van der Waals surface area contributed by atoms with Crippen LogP contribution in [0.2, 0.25) is 0 Å². The molecule has 0 aromatic carbocycles. The number of carbonyl (C=O) groups is 8. The number of hydrogen-bond acceptors (Lipinski definition) is 12. The molecular weight excluding hydrogens is 580 g/mol. The van der Waals surface area contributed by atoms with Gasteiger partial charge < -0.3 is 53.2 Å². The quantitative estimate of drug-likeness (QED) is 0.0437. The molecule has 0 unspecified atom stereocenters. The lowest BCUT2D eigenvalue weighted by atomic mass is 10.1. The first-order valence-electron chi connectivity index (χ1n) is 11.4. The summed E-state index contributed by atoms with van der Waals surface area (Å²) in [7, 11) is 1.86. The van der Waals surface area contributed by atoms with E-state index in [4.69, 9.17) is 31.9 Å². The third-order valence-corrected chi connectivity index (χ3v) is 7.09. The smallest absolute Gasteiger partial charge is 0.322 e. The van der Waals surface area contributed by atoms with Gasteiger partial charge in [-0.15, -0.1) is 0 Å². The zero-order chi connectivity index (χ0) is 30.8. The number of carbonyl (C=O) groups excluding carboxylic acids is 4. The molecule has 0 aromatic heterocycles. The van der Waals surface area contributed by atoms with Crippen molar-refractivity contribution in [3.05, 3.63) is 0 Å². The maximum Gasteiger partial charge on any atom is 0.322 e. The highest BCUT2D eigenvalue weighted by Crippen LogP contribution is 2.23. The van der Waals surface area contributed by atoms with Crippen LogP contribution in [0.25, 0.3) is 0 Å². The fraction of sp³-hybridized carbons (Fsp3) is 0.600. The largest absolute Gasteiger partial charge is 0.481 e. The Morgan fingerprint density at radius 2 is 1.05 bits per heavy atom. The van der Waals surface area contributed by atoms with Crippen molar-refractivity contribution in [2.45, 2.75) is 49.9 Å². The van der Waals surface area contributed by atoms with Crippen LogP contribution in [-0.2, 0) is 38.4 Å². The molecule has 18 nitrogen and oxygen atoms in total. The molecule has 0 heterocycles. The Balaban J connectivity index is 5.23. The van der Waals surface area contributed by atoms with Crippen LogP contribution in [0.4, 0.5) is 0 Å². The van der Waals surface area contributed by atoms with E-state index in [9.17, 15) is 38.4 Å². The Labute approximate surface area is 235 Å². The van der Waals surface area contributed by atoms with Gasteiger partial charge in [-0.3, -0.25) is 38.4 Å². The first-order chi connectivity index (χ1) is 18.6. The van der Waals surface area contributed by atoms with Gasteiger partial charge in [-0.05, 0) is 12.8 Å². The Morgan fingerprint density at radius 1 is 0.600 bits per heavy atom. The summed E-state index contributed by atoms with van der Waals surface area (Å²) in [6, 6.07) is -5.17. The molecule has 0 aliphatic heterocycles. The summed E-state index contributed by atoms with van der Waals surface area (Å²) in [5.41, 5.74) is 11.0. The van der Waals surface area contributed by atoms with E-state index < -0.39 is 91.2 Å². The van der Waals surface area contributed by atoms with Crippen LogP contribution < -0.4 is 32.7 Å². The average molecular weight is 613 g/mol. The minimum absolute atomic E-state index is 0.164. The normalized spacial score (nSPS) is 13.6. The SMILES string of the molecule is N[C@H](CCC(=O)N[C@H](CSSC[C@H](NC(=O)[C@H](N)CCC(=O)O)C(=O)NCC(=O)O)C(=O)NCC(=O)O)C(=O)O. The minimum Gasteiger partial charge on any atom is -0.481 e. The lowest BCUT2D eigenvalue weighted by Crippen LogP contribution is -2.53. The van der Waals surface area contributed by atoms with Crippen molar-refractivity contribution in [2.75, 3.05) is 24.6 Å². The molecule has 0 spiro atoms. The molecule has 0 bridgehead atoms. The standard InChI is InChI=1S/C20H32N6O12S2/c21-9(2-4-14(28)29)17(34)26-12(19(36)24-6-16(32)33)8-40-39-7-11(18(35)23-5-15(30)31)25-13(27)3-1-10(22)20(37)38/h9-12H,1-8,21-22H2,(H,23,35)(H,24,36)(H,25,27)(H,26,34)(H,28,29)(H,30,31)(H,32,33)(H,37,38)/t9-,10-,11-,12+/m1/s1. The molecule has 226 valence electrons. The summed E-state index contributed by atoms with van der Waals surface area (Å²) < 4.78 is 0. The van der Waals surface area contributed by atoms with Crippen LogP contribution >= 0.6 is 21.6 Å². The highest BCUT2D eigenvalue weighted by molar-refractivity contribution is 8.76. The van der Waals surface area contributed by atoms with Crippen molar-refractivity contribution >= 4 is 69.1 Å². The van der Waals surface area contributed by atoms with Gasteiger partial charge in [-0.2, -0.15) is 0 Å². The van der Waals surface area contributed by atoms with Crippen LogP contribution in [0.5, 0.6) is 0 Å². The molecule has 12 N–H and O–H groups in total. The van der Waals surface area contributed by atoms with E-state index in [2.05, 4.69) is 21.3 Å². The van der Waals surface area contributed by atoms with E-state index in [1.807, 2.05) is 0 Å². The van der Waals surface area contributed by atoms with Crippen LogP contribution in [0.1, 0.15) is 25.7 Å². The number of nitrogens with two attached hydrogens (primary N) is 2. The van der Waals surface area contributed by atoms with Gasteiger partial charge in [-0.25, -0.2) is 0 Å². The van der Waals surface area contributed by atoms with E-state index in [0.717, 1.165) is 21.6 Å². The predicted octanol–water partition coefficient (Wildman–Crippen LogP) is -3.88. The van der Waals surface area contributed by atoms with Crippen LogP contribution in [-0.4, -0.2) is 117 Å². The zero-order valence-corrected chi connectivity index (χ0v) is 22.6. The van der Waals surface area contributed by atoms with Crippen molar-refractivity contribution in [1.29, 1.82) is 0 Å². The highest BCUT2D eigenvalue weighted by atomic mass is 33.1. The maximum atomic E-state index is 12.4. The Hall–Kier alpha value is -3.62. The van der Waals surface area contributed by atoms with Crippen LogP contribution in [0, 0.1) is 0 Å². The molecule has 0 radical (unpaired) electrons. The summed E-state index contributed by atoms with van der Waals surface area (Å²) >= 11 is 0. The number of carboxylic acids is 4. The molecule has 0 rings (SSSR count). The molecule has 0 aliphatic rings. The number of rotatable bonds is 21. The second-order valence-electron chi connectivity index (χ2n) is 8.00. The number of aliphatic carboxylic acids is 4. The van der Waals surface area contributed by atoms with Gasteiger partial charge in [0.1, 0.15) is 31.2 Å². The topological polar surface area (TPSA) is 318 Å². The van der Waals surface area contributed by atoms with Gasteiger partial charge in [0.05, 0.1) is 6.04 Å². The molecule has 20 heteroatoms. The molecule has 0 saturated carbocycles. The Kier molecular flexibility index (Phi) is 17.7. The fourth-order valence-electron chi connectivity index (χ4n) is 2.54. The summed E-state index contributed by atoms with van der Waals surface area (Å²) in [5.74, 6) is -8.90. The van der Waals surface area contributed by atoms with Crippen molar-refractivity contribution in [3.8, 4) is 0 Å². The van der Waals surface area contributed by atoms with Gasteiger partial charge in [-0.1, -0.05) is 21.6 Å². The van der Waals surface area contributed by atoms with Gasteiger partial charge in [0.15, 0.2) is 0 Å². The molecule has 4 amide bonds. The molecule has 0 aromatic rings. The number of carboxylic acid groups (broad SMARTS) is 4. The fourth-order valence-corrected chi connectivity index (χ4v) is 4.86. The third-order valence-electron chi connectivity index (χ3n) is 4.67. The summed E-state index contributed by atoms with van der Waals surface area (Å²) in [6.45, 7) is -1.50. The van der Waals surface area contributed by atoms with E-state index >= 15 is 0 Å². The molecule has 0 saturated heterocycles. The summed E-state index contributed by atoms with van der Waals surface area (Å²) in [6.07, 6.45) is -1.20. The molecule has 0 aliphatic carbocycles. The number of nitrogens with one attached hydrogen (secondary N) is 4. The second kappa shape index (κ2) is 19.4. The van der Waals surface area contributed by atoms with E-state index in [0.29, 0.717) is 0 Å². The van der Waals surface area contributed by atoms with Gasteiger partial charge in [0, 0.05) is 24.3 Å². The van der Waals surface area contributed by atoms with E-state index in [1.165, 1.54) is 0 Å². The lowest BCUT2D eigenvalue weighted by Gasteiger charge is -2.21. The van der Waals surface area contributed by atoms with E-state index in [-0.39, 0.29) is 30.8 Å². The minimum atomic E-state index is -1.35. The first kappa shape index (κ1) is 36.4. The molecule has 0 fully saturated rings. The highest BCUT2D eigenvalue weighted by Gasteiger charge is 2.26. The van der Waals surface area contributed by atoms with Gasteiger partial charge in [0.2, 0.25) is 23.6 Å². The predicted molar refractivity (Wildman–Crippen MR) is 140 cm³/mol. The monoisotopic (exact) mass is 612 g/mol. The van der Waals surface area contributed by atoms with Gasteiger partial charge >= 0.3 is 23.9 Å². The van der Waals surface area contributed by atoms with E-state index in [1.54, 1.807) is 0 Å². The Bertz CT molecular complexity index is 953. The first-order valence-corrected chi connectivity index (χ1v) is 13.9. The maximum absolute atomic E-state index is 12.4. The molecular formula is C20H32N6O12S2. The Morgan fingerprint density at radius 3 is 1.48 bits per heavy atom. The molecule has 40 heavy (non-hydrogen) atoms. The van der Waals surface area contributed by atoms with Gasteiger partial charge in [0.25, 0.3) is 0 Å². The molecule has 4 atom stereocenters. The average Bonchev–Trinajstić information content (AvgIpc) is 2.87. The third kappa shape index (κ3) is 17.1. The van der Waals surface area contributed by atoms with Crippen molar-refractivity contribution < 1.29 is 58.8 Å². The number of amides is 4. The van der Waals surface area contributed by atoms with Crippen LogP contribution in [0.15, 0.2) is 0 Å². The second-order valence-corrected chi connectivity index (χ2v) is 10.5. The van der Waals surface area contributed by atoms with Crippen LogP contribution in [0.3, 0.4) is 0 Å². The number of hydrogen-bond donors (Lipinski definition) is 10. The zero-order valence-electron chi connectivity index (χ0n) is 21.0. The van der Waals surface area contributed by atoms with Crippen molar-refractivity contribution in [3.63, 3.8) is 0 Å².